The molecule has 0 radical (unpaired) electrons. The van der Waals surface area contributed by atoms with E-state index in [1.54, 1.807) is 18.2 Å². The molecule has 0 fully saturated rings. The van der Waals surface area contributed by atoms with Crippen LogP contribution in [0.3, 0.4) is 0 Å². The van der Waals surface area contributed by atoms with Crippen LogP contribution in [-0.2, 0) is 16.4 Å². The van der Waals surface area contributed by atoms with Gasteiger partial charge in [-0.25, -0.2) is 8.42 Å². The van der Waals surface area contributed by atoms with E-state index in [4.69, 9.17) is 0 Å². The van der Waals surface area contributed by atoms with Crippen molar-refractivity contribution in [3.63, 3.8) is 0 Å². The molecule has 1 aliphatic carbocycles. The number of carbonyl (C=O) groups is 1. The molecule has 1 N–H and O–H groups in total. The van der Waals surface area contributed by atoms with Crippen molar-refractivity contribution in [3.8, 4) is 0 Å². The standard InChI is InChI=1S/C25H26N2O3S/c1-18-8-5-12-21(16-18)27(2)31(29,30)22-13-6-11-20(17-22)25(28)26-24-15-7-10-19-9-3-4-14-23(19)24/h3-6,8-9,11-14,16-17,24H,7,10,15H2,1-2H3,(H,26,28)/t24-/m0/s1. The molecular weight excluding hydrogens is 408 g/mol. The summed E-state index contributed by atoms with van der Waals surface area (Å²) in [7, 11) is -2.27. The minimum Gasteiger partial charge on any atom is -0.345 e. The number of benzene rings is 3. The lowest BCUT2D eigenvalue weighted by atomic mass is 9.87. The molecule has 1 aliphatic rings. The lowest BCUT2D eigenvalue weighted by Gasteiger charge is -2.26. The molecule has 31 heavy (non-hydrogen) atoms. The van der Waals surface area contributed by atoms with Gasteiger partial charge in [0, 0.05) is 12.6 Å². The SMILES string of the molecule is Cc1cccc(N(C)S(=O)(=O)c2cccc(C(=O)N[C@H]3CCCc4ccccc43)c2)c1. The summed E-state index contributed by atoms with van der Waals surface area (Å²) in [6, 6.07) is 21.6. The number of hydrogen-bond donors (Lipinski definition) is 1. The first-order valence-corrected chi connectivity index (χ1v) is 11.8. The van der Waals surface area contributed by atoms with Gasteiger partial charge in [0.1, 0.15) is 0 Å². The summed E-state index contributed by atoms with van der Waals surface area (Å²) in [6.07, 6.45) is 2.90. The second-order valence-electron chi connectivity index (χ2n) is 7.96. The fourth-order valence-electron chi connectivity index (χ4n) is 4.06. The van der Waals surface area contributed by atoms with E-state index in [9.17, 15) is 13.2 Å². The van der Waals surface area contributed by atoms with E-state index in [-0.39, 0.29) is 16.8 Å². The van der Waals surface area contributed by atoms with Crippen molar-refractivity contribution in [1.82, 2.24) is 5.32 Å². The van der Waals surface area contributed by atoms with Crippen LogP contribution in [0.1, 0.15) is 45.9 Å². The van der Waals surface area contributed by atoms with Crippen LogP contribution >= 0.6 is 0 Å². The maximum absolute atomic E-state index is 13.2. The van der Waals surface area contributed by atoms with Crippen LogP contribution in [0.4, 0.5) is 5.69 Å². The Bertz CT molecular complexity index is 1220. The summed E-state index contributed by atoms with van der Waals surface area (Å²) in [6.45, 7) is 1.92. The zero-order valence-corrected chi connectivity index (χ0v) is 18.5. The van der Waals surface area contributed by atoms with Gasteiger partial charge in [0.2, 0.25) is 0 Å². The van der Waals surface area contributed by atoms with E-state index in [0.717, 1.165) is 30.4 Å². The number of amides is 1. The molecule has 0 bridgehead atoms. The van der Waals surface area contributed by atoms with Crippen molar-refractivity contribution in [2.75, 3.05) is 11.4 Å². The van der Waals surface area contributed by atoms with Crippen molar-refractivity contribution >= 4 is 21.6 Å². The molecule has 6 heteroatoms. The molecule has 0 saturated heterocycles. The van der Waals surface area contributed by atoms with Crippen molar-refractivity contribution in [2.24, 2.45) is 0 Å². The molecule has 160 valence electrons. The molecular formula is C25H26N2O3S. The summed E-state index contributed by atoms with van der Waals surface area (Å²) in [5.74, 6) is -0.267. The van der Waals surface area contributed by atoms with Gasteiger partial charge in [-0.15, -0.1) is 0 Å². The molecule has 0 heterocycles. The molecule has 3 aromatic carbocycles. The first kappa shape index (κ1) is 21.1. The van der Waals surface area contributed by atoms with Gasteiger partial charge < -0.3 is 5.32 Å². The van der Waals surface area contributed by atoms with Crippen LogP contribution in [0.15, 0.2) is 77.7 Å². The average Bonchev–Trinajstić information content (AvgIpc) is 2.79. The van der Waals surface area contributed by atoms with Crippen LogP contribution in [0, 0.1) is 6.92 Å². The van der Waals surface area contributed by atoms with Gasteiger partial charge in [-0.2, -0.15) is 0 Å². The minimum atomic E-state index is -3.79. The Morgan fingerprint density at radius 2 is 1.77 bits per heavy atom. The van der Waals surface area contributed by atoms with E-state index in [2.05, 4.69) is 17.4 Å². The number of hydrogen-bond acceptors (Lipinski definition) is 3. The van der Waals surface area contributed by atoms with Crippen LogP contribution < -0.4 is 9.62 Å². The zero-order valence-electron chi connectivity index (χ0n) is 17.7. The second kappa shape index (κ2) is 8.55. The minimum absolute atomic E-state index is 0.0623. The first-order chi connectivity index (χ1) is 14.9. The summed E-state index contributed by atoms with van der Waals surface area (Å²) < 4.78 is 27.6. The zero-order chi connectivity index (χ0) is 22.0. The van der Waals surface area contributed by atoms with E-state index in [0.29, 0.717) is 11.3 Å². The molecule has 0 saturated carbocycles. The topological polar surface area (TPSA) is 66.5 Å². The maximum Gasteiger partial charge on any atom is 0.264 e. The lowest BCUT2D eigenvalue weighted by Crippen LogP contribution is -2.31. The Balaban J connectivity index is 1.58. The number of nitrogens with zero attached hydrogens (tertiary/aromatic N) is 1. The number of rotatable bonds is 5. The highest BCUT2D eigenvalue weighted by atomic mass is 32.2. The van der Waals surface area contributed by atoms with Crippen molar-refractivity contribution in [3.05, 3.63) is 95.1 Å². The predicted octanol–water partition coefficient (Wildman–Crippen LogP) is 4.63. The third kappa shape index (κ3) is 4.35. The number of carbonyl (C=O) groups excluding carboxylic acids is 1. The van der Waals surface area contributed by atoms with Gasteiger partial charge in [0.25, 0.3) is 15.9 Å². The molecule has 1 atom stereocenters. The van der Waals surface area contributed by atoms with Crippen molar-refractivity contribution < 1.29 is 13.2 Å². The number of nitrogens with one attached hydrogen (secondary N) is 1. The van der Waals surface area contributed by atoms with Crippen LogP contribution in [0.2, 0.25) is 0 Å². The molecule has 5 nitrogen and oxygen atoms in total. The van der Waals surface area contributed by atoms with Crippen LogP contribution in [0.25, 0.3) is 0 Å². The van der Waals surface area contributed by atoms with Gasteiger partial charge in [0.15, 0.2) is 0 Å². The highest BCUT2D eigenvalue weighted by Gasteiger charge is 2.25. The fraction of sp³-hybridized carbons (Fsp3) is 0.240. The average molecular weight is 435 g/mol. The molecule has 0 aromatic heterocycles. The molecule has 0 spiro atoms. The van der Waals surface area contributed by atoms with Crippen molar-refractivity contribution in [2.45, 2.75) is 37.1 Å². The predicted molar refractivity (Wildman–Crippen MR) is 123 cm³/mol. The third-order valence-electron chi connectivity index (χ3n) is 5.79. The number of fused-ring (bicyclic) bond motifs is 1. The fourth-order valence-corrected chi connectivity index (χ4v) is 5.30. The van der Waals surface area contributed by atoms with Crippen molar-refractivity contribution in [1.29, 1.82) is 0 Å². The smallest absolute Gasteiger partial charge is 0.264 e. The molecule has 4 rings (SSSR count). The highest BCUT2D eigenvalue weighted by Crippen LogP contribution is 2.30. The maximum atomic E-state index is 13.2. The van der Waals surface area contributed by atoms with Gasteiger partial charge in [-0.05, 0) is 73.2 Å². The highest BCUT2D eigenvalue weighted by molar-refractivity contribution is 7.92. The van der Waals surface area contributed by atoms with E-state index >= 15 is 0 Å². The largest absolute Gasteiger partial charge is 0.345 e. The van der Waals surface area contributed by atoms with Gasteiger partial charge in [0.05, 0.1) is 16.6 Å². The summed E-state index contributed by atoms with van der Waals surface area (Å²) in [4.78, 5) is 13.1. The lowest BCUT2D eigenvalue weighted by molar-refractivity contribution is 0.0932. The Labute approximate surface area is 183 Å². The Hall–Kier alpha value is -3.12. The summed E-state index contributed by atoms with van der Waals surface area (Å²) >= 11 is 0. The van der Waals surface area contributed by atoms with Gasteiger partial charge in [-0.3, -0.25) is 9.10 Å². The monoisotopic (exact) mass is 434 g/mol. The quantitative estimate of drug-likeness (QED) is 0.637. The Kier molecular flexibility index (Phi) is 5.83. The Morgan fingerprint density at radius 3 is 2.58 bits per heavy atom. The number of sulfonamides is 1. The number of aryl methyl sites for hydroxylation is 2. The van der Waals surface area contributed by atoms with Crippen LogP contribution in [-0.4, -0.2) is 21.4 Å². The molecule has 0 aliphatic heterocycles. The molecule has 3 aromatic rings. The van der Waals surface area contributed by atoms with Crippen LogP contribution in [0.5, 0.6) is 0 Å². The first-order valence-electron chi connectivity index (χ1n) is 10.4. The summed E-state index contributed by atoms with van der Waals surface area (Å²) in [5.41, 5.74) is 4.29. The van der Waals surface area contributed by atoms with E-state index in [1.165, 1.54) is 29.0 Å². The summed E-state index contributed by atoms with van der Waals surface area (Å²) in [5, 5.41) is 3.09. The second-order valence-corrected chi connectivity index (χ2v) is 9.93. The van der Waals surface area contributed by atoms with E-state index in [1.807, 2.05) is 37.3 Å². The van der Waals surface area contributed by atoms with E-state index < -0.39 is 10.0 Å². The Morgan fingerprint density at radius 1 is 1.00 bits per heavy atom. The molecule has 1 amide bonds. The van der Waals surface area contributed by atoms with Gasteiger partial charge in [-0.1, -0.05) is 42.5 Å². The van der Waals surface area contributed by atoms with Gasteiger partial charge >= 0.3 is 0 Å². The third-order valence-corrected chi connectivity index (χ3v) is 7.58. The normalized spacial score (nSPS) is 15.7. The number of anilines is 1. The molecule has 0 unspecified atom stereocenters.